The van der Waals surface area contributed by atoms with E-state index in [4.69, 9.17) is 4.74 Å². The Kier molecular flexibility index (Phi) is 9.45. The quantitative estimate of drug-likeness (QED) is 0.553. The van der Waals surface area contributed by atoms with Gasteiger partial charge in [0, 0.05) is 24.0 Å². The first-order valence-corrected chi connectivity index (χ1v) is 11.1. The fourth-order valence-electron chi connectivity index (χ4n) is 2.85. The van der Waals surface area contributed by atoms with Gasteiger partial charge in [0.15, 0.2) is 5.13 Å². The fraction of sp³-hybridized carbons (Fsp3) is 0.455. The second kappa shape index (κ2) is 12.0. The minimum absolute atomic E-state index is 0.0884. The highest BCUT2D eigenvalue weighted by atomic mass is 32.1. The van der Waals surface area contributed by atoms with E-state index in [0.29, 0.717) is 35.2 Å². The van der Waals surface area contributed by atoms with Gasteiger partial charge < -0.3 is 20.3 Å². The molecule has 0 bridgehead atoms. The third-order valence-corrected chi connectivity index (χ3v) is 5.06. The Balaban J connectivity index is 1.99. The van der Waals surface area contributed by atoms with Crippen LogP contribution in [0.4, 0.5) is 5.13 Å². The smallest absolute Gasteiger partial charge is 0.254 e. The van der Waals surface area contributed by atoms with E-state index in [-0.39, 0.29) is 36.6 Å². The third kappa shape index (κ3) is 8.01. The van der Waals surface area contributed by atoms with Crippen LogP contribution in [0.15, 0.2) is 29.6 Å². The second-order valence-corrected chi connectivity index (χ2v) is 8.39. The molecule has 2 rings (SSSR count). The van der Waals surface area contributed by atoms with Gasteiger partial charge in [0.05, 0.1) is 19.2 Å². The minimum atomic E-state index is -0.334. The Hall–Kier alpha value is -2.94. The van der Waals surface area contributed by atoms with Crippen molar-refractivity contribution in [3.05, 3.63) is 40.9 Å². The number of thiazole rings is 1. The molecule has 168 valence electrons. The average molecular weight is 447 g/mol. The van der Waals surface area contributed by atoms with Crippen molar-refractivity contribution < 1.29 is 19.1 Å². The number of rotatable bonds is 11. The molecule has 31 heavy (non-hydrogen) atoms. The molecule has 0 aliphatic rings. The molecule has 2 N–H and O–H groups in total. The van der Waals surface area contributed by atoms with Crippen LogP contribution in [0.25, 0.3) is 0 Å². The lowest BCUT2D eigenvalue weighted by Crippen LogP contribution is -2.40. The largest absolute Gasteiger partial charge is 0.497 e. The zero-order chi connectivity index (χ0) is 22.8. The number of amides is 3. The summed E-state index contributed by atoms with van der Waals surface area (Å²) in [5, 5.41) is 7.68. The number of nitrogens with zero attached hydrogens (tertiary/aromatic N) is 2. The molecule has 1 aromatic heterocycles. The number of benzene rings is 1. The molecular weight excluding hydrogens is 416 g/mol. The van der Waals surface area contributed by atoms with Gasteiger partial charge in [-0.25, -0.2) is 4.98 Å². The SMILES string of the molecule is CCCNC(=O)Cc1csc(NC(=O)CN(CC(C)C)C(=O)c2ccc(OC)cc2)n1. The van der Waals surface area contributed by atoms with Crippen molar-refractivity contribution in [2.24, 2.45) is 5.92 Å². The first kappa shape index (κ1) is 24.3. The number of methoxy groups -OCH3 is 1. The van der Waals surface area contributed by atoms with E-state index in [1.165, 1.54) is 16.2 Å². The molecular formula is C22H30N4O4S. The first-order valence-electron chi connectivity index (χ1n) is 10.3. The molecule has 1 aromatic carbocycles. The summed E-state index contributed by atoms with van der Waals surface area (Å²) in [6.07, 6.45) is 1.04. The second-order valence-electron chi connectivity index (χ2n) is 7.53. The topological polar surface area (TPSA) is 101 Å². The molecule has 0 unspecified atom stereocenters. The molecule has 3 amide bonds. The van der Waals surface area contributed by atoms with E-state index >= 15 is 0 Å². The van der Waals surface area contributed by atoms with Gasteiger partial charge in [-0.2, -0.15) is 0 Å². The predicted octanol–water partition coefficient (Wildman–Crippen LogP) is 2.96. The van der Waals surface area contributed by atoms with Crippen LogP contribution in [0.5, 0.6) is 5.75 Å². The van der Waals surface area contributed by atoms with Crippen molar-refractivity contribution in [2.45, 2.75) is 33.6 Å². The van der Waals surface area contributed by atoms with Crippen molar-refractivity contribution in [3.63, 3.8) is 0 Å². The molecule has 0 saturated carbocycles. The Morgan fingerprint density at radius 2 is 1.87 bits per heavy atom. The number of ether oxygens (including phenoxy) is 1. The molecule has 8 nitrogen and oxygen atoms in total. The van der Waals surface area contributed by atoms with Crippen LogP contribution < -0.4 is 15.4 Å². The molecule has 2 aromatic rings. The van der Waals surface area contributed by atoms with Crippen LogP contribution in [0.1, 0.15) is 43.2 Å². The summed E-state index contributed by atoms with van der Waals surface area (Å²) in [6.45, 7) is 6.94. The van der Waals surface area contributed by atoms with Crippen LogP contribution >= 0.6 is 11.3 Å². The van der Waals surface area contributed by atoms with Gasteiger partial charge in [-0.15, -0.1) is 11.3 Å². The highest BCUT2D eigenvalue weighted by Gasteiger charge is 2.21. The van der Waals surface area contributed by atoms with Crippen molar-refractivity contribution in [1.82, 2.24) is 15.2 Å². The monoisotopic (exact) mass is 446 g/mol. The predicted molar refractivity (Wildman–Crippen MR) is 121 cm³/mol. The van der Waals surface area contributed by atoms with Gasteiger partial charge in [0.2, 0.25) is 11.8 Å². The van der Waals surface area contributed by atoms with E-state index in [0.717, 1.165) is 6.42 Å². The summed E-state index contributed by atoms with van der Waals surface area (Å²) in [6, 6.07) is 6.80. The maximum absolute atomic E-state index is 12.9. The van der Waals surface area contributed by atoms with E-state index in [1.54, 1.807) is 36.8 Å². The lowest BCUT2D eigenvalue weighted by molar-refractivity contribution is -0.120. The molecule has 0 spiro atoms. The molecule has 0 saturated heterocycles. The Bertz CT molecular complexity index is 880. The Morgan fingerprint density at radius 1 is 1.16 bits per heavy atom. The zero-order valence-electron chi connectivity index (χ0n) is 18.4. The van der Waals surface area contributed by atoms with Crippen LogP contribution in [0, 0.1) is 5.92 Å². The van der Waals surface area contributed by atoms with Crippen LogP contribution in [0.2, 0.25) is 0 Å². The van der Waals surface area contributed by atoms with Gasteiger partial charge in [0.25, 0.3) is 5.91 Å². The van der Waals surface area contributed by atoms with Gasteiger partial charge in [-0.3, -0.25) is 14.4 Å². The zero-order valence-corrected chi connectivity index (χ0v) is 19.3. The van der Waals surface area contributed by atoms with Crippen molar-refractivity contribution in [2.75, 3.05) is 32.1 Å². The number of carbonyl (C=O) groups excluding carboxylic acids is 3. The van der Waals surface area contributed by atoms with Crippen LogP contribution in [-0.4, -0.2) is 54.3 Å². The van der Waals surface area contributed by atoms with Gasteiger partial charge in [0.1, 0.15) is 12.3 Å². The molecule has 0 atom stereocenters. The fourth-order valence-corrected chi connectivity index (χ4v) is 3.57. The summed E-state index contributed by atoms with van der Waals surface area (Å²) < 4.78 is 5.13. The van der Waals surface area contributed by atoms with Gasteiger partial charge >= 0.3 is 0 Å². The van der Waals surface area contributed by atoms with E-state index < -0.39 is 0 Å². The summed E-state index contributed by atoms with van der Waals surface area (Å²) in [4.78, 5) is 43.1. The van der Waals surface area contributed by atoms with E-state index in [1.807, 2.05) is 20.8 Å². The molecule has 9 heteroatoms. The van der Waals surface area contributed by atoms with Crippen molar-refractivity contribution in [1.29, 1.82) is 0 Å². The van der Waals surface area contributed by atoms with Gasteiger partial charge in [-0.1, -0.05) is 20.8 Å². The summed E-state index contributed by atoms with van der Waals surface area (Å²) >= 11 is 1.25. The number of anilines is 1. The number of nitrogens with one attached hydrogen (secondary N) is 2. The van der Waals surface area contributed by atoms with Crippen molar-refractivity contribution >= 4 is 34.2 Å². The first-order chi connectivity index (χ1) is 14.8. The standard InChI is InChI=1S/C22H30N4O4S/c1-5-10-23-19(27)11-17-14-31-22(24-17)25-20(28)13-26(12-15(2)3)21(29)16-6-8-18(30-4)9-7-16/h6-9,14-15H,5,10-13H2,1-4H3,(H,23,27)(H,24,25,28). The number of hydrogen-bond acceptors (Lipinski definition) is 6. The lowest BCUT2D eigenvalue weighted by Gasteiger charge is -2.24. The maximum Gasteiger partial charge on any atom is 0.254 e. The van der Waals surface area contributed by atoms with E-state index in [2.05, 4.69) is 15.6 Å². The Morgan fingerprint density at radius 3 is 2.48 bits per heavy atom. The third-order valence-electron chi connectivity index (χ3n) is 4.26. The highest BCUT2D eigenvalue weighted by Crippen LogP contribution is 2.17. The summed E-state index contributed by atoms with van der Waals surface area (Å²) in [7, 11) is 1.56. The average Bonchev–Trinajstić information content (AvgIpc) is 3.17. The summed E-state index contributed by atoms with van der Waals surface area (Å²) in [5.41, 5.74) is 1.09. The summed E-state index contributed by atoms with van der Waals surface area (Å²) in [5.74, 6) is 0.201. The Labute approximate surface area is 187 Å². The number of hydrogen-bond donors (Lipinski definition) is 2. The molecule has 0 radical (unpaired) electrons. The lowest BCUT2D eigenvalue weighted by atomic mass is 10.1. The number of carbonyl (C=O) groups is 3. The molecule has 0 aliphatic heterocycles. The number of aromatic nitrogens is 1. The van der Waals surface area contributed by atoms with Crippen LogP contribution in [-0.2, 0) is 16.0 Å². The molecule has 0 fully saturated rings. The van der Waals surface area contributed by atoms with Gasteiger partial charge in [-0.05, 0) is 36.6 Å². The van der Waals surface area contributed by atoms with Crippen LogP contribution in [0.3, 0.4) is 0 Å². The molecule has 1 heterocycles. The molecule has 0 aliphatic carbocycles. The maximum atomic E-state index is 12.9. The highest BCUT2D eigenvalue weighted by molar-refractivity contribution is 7.13. The minimum Gasteiger partial charge on any atom is -0.497 e. The van der Waals surface area contributed by atoms with Crippen molar-refractivity contribution in [3.8, 4) is 5.75 Å². The van der Waals surface area contributed by atoms with E-state index in [9.17, 15) is 14.4 Å². The normalized spacial score (nSPS) is 10.6.